The van der Waals surface area contributed by atoms with Gasteiger partial charge in [-0.1, -0.05) is 13.8 Å². The second-order valence-electron chi connectivity index (χ2n) is 5.89. The minimum Gasteiger partial charge on any atom is -0.329 e. The number of hydrogen-bond acceptors (Lipinski definition) is 3. The third kappa shape index (κ3) is 2.57. The summed E-state index contributed by atoms with van der Waals surface area (Å²) in [6.45, 7) is 8.18. The Kier molecular flexibility index (Phi) is 4.20. The van der Waals surface area contributed by atoms with Crippen LogP contribution in [-0.4, -0.2) is 41.6 Å². The van der Waals surface area contributed by atoms with Gasteiger partial charge in [-0.05, 0) is 42.6 Å². The molecule has 2 unspecified atom stereocenters. The normalized spacial score (nSPS) is 36.2. The Morgan fingerprint density at radius 3 is 2.25 bits per heavy atom. The number of nitrogens with two attached hydrogens (primary N) is 1. The lowest BCUT2D eigenvalue weighted by molar-refractivity contribution is 0.0231. The molecule has 2 atom stereocenters. The average Bonchev–Trinajstić information content (AvgIpc) is 2.28. The molecule has 2 aliphatic heterocycles. The molecule has 16 heavy (non-hydrogen) atoms. The Bertz CT molecular complexity index is 216. The molecule has 0 aromatic rings. The maximum absolute atomic E-state index is 6.11. The third-order valence-corrected chi connectivity index (χ3v) is 5.33. The van der Waals surface area contributed by atoms with Gasteiger partial charge in [0.1, 0.15) is 0 Å². The number of thioether (sulfide) groups is 1. The number of hydrogen-bond donors (Lipinski definition) is 1. The summed E-state index contributed by atoms with van der Waals surface area (Å²) in [5.41, 5.74) is 6.45. The van der Waals surface area contributed by atoms with Crippen molar-refractivity contribution in [1.29, 1.82) is 0 Å². The predicted octanol–water partition coefficient (Wildman–Crippen LogP) is 2.19. The highest BCUT2D eigenvalue weighted by Gasteiger charge is 2.39. The van der Waals surface area contributed by atoms with Crippen LogP contribution >= 0.6 is 11.8 Å². The second-order valence-corrected chi connectivity index (χ2v) is 7.12. The molecule has 2 heterocycles. The van der Waals surface area contributed by atoms with Crippen molar-refractivity contribution >= 4 is 11.8 Å². The van der Waals surface area contributed by atoms with E-state index in [-0.39, 0.29) is 0 Å². The zero-order valence-corrected chi connectivity index (χ0v) is 11.6. The fourth-order valence-corrected chi connectivity index (χ4v) is 4.70. The Morgan fingerprint density at radius 2 is 1.75 bits per heavy atom. The molecule has 0 bridgehead atoms. The van der Waals surface area contributed by atoms with Gasteiger partial charge >= 0.3 is 0 Å². The van der Waals surface area contributed by atoms with E-state index in [0.29, 0.717) is 5.54 Å². The summed E-state index contributed by atoms with van der Waals surface area (Å²) in [5, 5.41) is 0. The van der Waals surface area contributed by atoms with Crippen molar-refractivity contribution in [3.8, 4) is 0 Å². The van der Waals surface area contributed by atoms with E-state index in [1.165, 1.54) is 43.9 Å². The summed E-state index contributed by atoms with van der Waals surface area (Å²) < 4.78 is 0. The number of piperidine rings is 1. The van der Waals surface area contributed by atoms with E-state index in [1.807, 2.05) is 0 Å². The van der Waals surface area contributed by atoms with Crippen LogP contribution in [0.1, 0.15) is 33.1 Å². The molecule has 2 nitrogen and oxygen atoms in total. The molecule has 2 rings (SSSR count). The maximum atomic E-state index is 6.11. The SMILES string of the molecule is CC1CC(C)CN(C2(CN)CCSCC2)C1. The van der Waals surface area contributed by atoms with Crippen molar-refractivity contribution in [2.75, 3.05) is 31.1 Å². The van der Waals surface area contributed by atoms with Gasteiger partial charge in [-0.15, -0.1) is 0 Å². The lowest BCUT2D eigenvalue weighted by Gasteiger charge is -2.50. The molecular weight excluding hydrogens is 216 g/mol. The first-order valence-corrected chi connectivity index (χ1v) is 7.84. The van der Waals surface area contributed by atoms with Crippen LogP contribution < -0.4 is 5.73 Å². The molecular formula is C13H26N2S. The third-order valence-electron chi connectivity index (χ3n) is 4.34. The van der Waals surface area contributed by atoms with E-state index in [2.05, 4.69) is 30.5 Å². The van der Waals surface area contributed by atoms with Crippen LogP contribution in [0.4, 0.5) is 0 Å². The highest BCUT2D eigenvalue weighted by atomic mass is 32.2. The van der Waals surface area contributed by atoms with Gasteiger partial charge in [0, 0.05) is 25.2 Å². The summed E-state index contributed by atoms with van der Waals surface area (Å²) >= 11 is 2.10. The van der Waals surface area contributed by atoms with Gasteiger partial charge in [-0.2, -0.15) is 11.8 Å². The van der Waals surface area contributed by atoms with Gasteiger partial charge in [-0.25, -0.2) is 0 Å². The average molecular weight is 242 g/mol. The molecule has 2 N–H and O–H groups in total. The van der Waals surface area contributed by atoms with Crippen molar-refractivity contribution < 1.29 is 0 Å². The molecule has 94 valence electrons. The van der Waals surface area contributed by atoms with E-state index in [4.69, 9.17) is 5.73 Å². The lowest BCUT2D eigenvalue weighted by atomic mass is 9.83. The van der Waals surface area contributed by atoms with Crippen LogP contribution in [0.25, 0.3) is 0 Å². The van der Waals surface area contributed by atoms with Crippen molar-refractivity contribution in [3.05, 3.63) is 0 Å². The molecule has 2 fully saturated rings. The Balaban J connectivity index is 2.07. The van der Waals surface area contributed by atoms with Gasteiger partial charge in [0.15, 0.2) is 0 Å². The van der Waals surface area contributed by atoms with E-state index in [1.54, 1.807) is 0 Å². The van der Waals surface area contributed by atoms with Crippen molar-refractivity contribution in [3.63, 3.8) is 0 Å². The lowest BCUT2D eigenvalue weighted by Crippen LogP contribution is -2.59. The topological polar surface area (TPSA) is 29.3 Å². The van der Waals surface area contributed by atoms with E-state index < -0.39 is 0 Å². The van der Waals surface area contributed by atoms with Crippen LogP contribution in [0.5, 0.6) is 0 Å². The van der Waals surface area contributed by atoms with Gasteiger partial charge in [0.2, 0.25) is 0 Å². The minimum atomic E-state index is 0.341. The first kappa shape index (κ1) is 12.7. The Labute approximate surface area is 104 Å². The molecule has 0 radical (unpaired) electrons. The number of nitrogens with zero attached hydrogens (tertiary/aromatic N) is 1. The molecule has 2 aliphatic rings. The quantitative estimate of drug-likeness (QED) is 0.805. The molecule has 0 aromatic carbocycles. The molecule has 0 spiro atoms. The van der Waals surface area contributed by atoms with E-state index in [9.17, 15) is 0 Å². The van der Waals surface area contributed by atoms with Crippen LogP contribution in [-0.2, 0) is 0 Å². The molecule has 0 aliphatic carbocycles. The van der Waals surface area contributed by atoms with Crippen LogP contribution in [0.15, 0.2) is 0 Å². The predicted molar refractivity (Wildman–Crippen MR) is 72.9 cm³/mol. The zero-order chi connectivity index (χ0) is 11.6. The smallest absolute Gasteiger partial charge is 0.0347 e. The zero-order valence-electron chi connectivity index (χ0n) is 10.7. The molecule has 2 saturated heterocycles. The molecule has 3 heteroatoms. The highest BCUT2D eigenvalue weighted by Crippen LogP contribution is 2.35. The Hall–Kier alpha value is 0.270. The molecule has 0 saturated carbocycles. The van der Waals surface area contributed by atoms with Crippen LogP contribution in [0.2, 0.25) is 0 Å². The van der Waals surface area contributed by atoms with Gasteiger partial charge < -0.3 is 5.73 Å². The Morgan fingerprint density at radius 1 is 1.19 bits per heavy atom. The summed E-state index contributed by atoms with van der Waals surface area (Å²) in [4.78, 5) is 2.73. The van der Waals surface area contributed by atoms with Gasteiger partial charge in [0.25, 0.3) is 0 Å². The number of likely N-dealkylation sites (tertiary alicyclic amines) is 1. The molecule has 0 amide bonds. The van der Waals surface area contributed by atoms with E-state index >= 15 is 0 Å². The maximum Gasteiger partial charge on any atom is 0.0347 e. The van der Waals surface area contributed by atoms with Crippen molar-refractivity contribution in [2.45, 2.75) is 38.6 Å². The van der Waals surface area contributed by atoms with Crippen molar-refractivity contribution in [1.82, 2.24) is 4.90 Å². The fraction of sp³-hybridized carbons (Fsp3) is 1.00. The fourth-order valence-electron chi connectivity index (χ4n) is 3.45. The second kappa shape index (κ2) is 5.28. The molecule has 0 aromatic heterocycles. The standard InChI is InChI=1S/C13H26N2S/c1-11-7-12(2)9-15(8-11)13(10-14)3-5-16-6-4-13/h11-12H,3-10,14H2,1-2H3. The summed E-state index contributed by atoms with van der Waals surface area (Å²) in [6, 6.07) is 0. The van der Waals surface area contributed by atoms with Gasteiger partial charge in [0.05, 0.1) is 0 Å². The summed E-state index contributed by atoms with van der Waals surface area (Å²) in [5.74, 6) is 4.30. The monoisotopic (exact) mass is 242 g/mol. The first-order chi connectivity index (χ1) is 7.66. The van der Waals surface area contributed by atoms with E-state index in [0.717, 1.165) is 18.4 Å². The first-order valence-electron chi connectivity index (χ1n) is 6.69. The minimum absolute atomic E-state index is 0.341. The summed E-state index contributed by atoms with van der Waals surface area (Å²) in [7, 11) is 0. The largest absolute Gasteiger partial charge is 0.329 e. The number of rotatable bonds is 2. The van der Waals surface area contributed by atoms with Crippen LogP contribution in [0, 0.1) is 11.8 Å². The van der Waals surface area contributed by atoms with Crippen LogP contribution in [0.3, 0.4) is 0 Å². The summed E-state index contributed by atoms with van der Waals surface area (Å²) in [6.07, 6.45) is 3.99. The highest BCUT2D eigenvalue weighted by molar-refractivity contribution is 7.99. The van der Waals surface area contributed by atoms with Crippen molar-refractivity contribution in [2.24, 2.45) is 17.6 Å². The van der Waals surface area contributed by atoms with Gasteiger partial charge in [-0.3, -0.25) is 4.90 Å².